The SMILES string of the molecule is COC(=O)[C@H](CSCc1ccccc1)NC(=O)[C@H](CC(C)C)[C@H](O)C(=O)NO. The third-order valence-corrected chi connectivity index (χ3v) is 5.13. The molecule has 9 heteroatoms. The van der Waals surface area contributed by atoms with E-state index in [0.717, 1.165) is 5.56 Å². The van der Waals surface area contributed by atoms with Gasteiger partial charge in [0, 0.05) is 11.5 Å². The van der Waals surface area contributed by atoms with Gasteiger partial charge in [-0.25, -0.2) is 10.3 Å². The minimum atomic E-state index is -1.73. The number of rotatable bonds is 11. The second-order valence-corrected chi connectivity index (χ2v) is 7.77. The molecule has 0 radical (unpaired) electrons. The number of ether oxygens (including phenoxy) is 1. The third-order valence-electron chi connectivity index (χ3n) is 4.02. The quantitative estimate of drug-likeness (QED) is 0.244. The summed E-state index contributed by atoms with van der Waals surface area (Å²) < 4.78 is 4.76. The number of nitrogens with one attached hydrogen (secondary N) is 2. The van der Waals surface area contributed by atoms with Gasteiger partial charge >= 0.3 is 5.97 Å². The molecule has 0 spiro atoms. The van der Waals surface area contributed by atoms with E-state index in [4.69, 9.17) is 9.94 Å². The van der Waals surface area contributed by atoms with Gasteiger partial charge in [-0.1, -0.05) is 44.2 Å². The summed E-state index contributed by atoms with van der Waals surface area (Å²) in [4.78, 5) is 36.3. The summed E-state index contributed by atoms with van der Waals surface area (Å²) in [6.07, 6.45) is -1.53. The molecule has 3 atom stereocenters. The lowest BCUT2D eigenvalue weighted by molar-refractivity contribution is -0.149. The number of aliphatic hydroxyl groups excluding tert-OH is 1. The lowest BCUT2D eigenvalue weighted by Crippen LogP contribution is -2.51. The van der Waals surface area contributed by atoms with E-state index in [1.807, 2.05) is 44.2 Å². The first-order valence-corrected chi connectivity index (χ1v) is 10.1. The van der Waals surface area contributed by atoms with E-state index >= 15 is 0 Å². The van der Waals surface area contributed by atoms with Crippen molar-refractivity contribution in [2.45, 2.75) is 38.2 Å². The molecule has 0 aliphatic carbocycles. The molecule has 1 rings (SSSR count). The molecule has 0 aromatic heterocycles. The molecule has 28 heavy (non-hydrogen) atoms. The van der Waals surface area contributed by atoms with Gasteiger partial charge in [0.1, 0.15) is 12.1 Å². The highest BCUT2D eigenvalue weighted by atomic mass is 32.2. The fraction of sp³-hybridized carbons (Fsp3) is 0.526. The van der Waals surface area contributed by atoms with Crippen LogP contribution in [0.3, 0.4) is 0 Å². The molecule has 4 N–H and O–H groups in total. The molecule has 0 saturated carbocycles. The molecule has 0 saturated heterocycles. The van der Waals surface area contributed by atoms with Gasteiger partial charge in [0.15, 0.2) is 0 Å². The van der Waals surface area contributed by atoms with E-state index in [1.165, 1.54) is 24.4 Å². The molecular weight excluding hydrogens is 384 g/mol. The van der Waals surface area contributed by atoms with Gasteiger partial charge in [-0.15, -0.1) is 0 Å². The summed E-state index contributed by atoms with van der Waals surface area (Å²) in [5.41, 5.74) is 2.43. The first-order chi connectivity index (χ1) is 13.3. The van der Waals surface area contributed by atoms with Gasteiger partial charge in [-0.3, -0.25) is 14.8 Å². The average Bonchev–Trinajstić information content (AvgIpc) is 2.69. The largest absolute Gasteiger partial charge is 0.467 e. The molecule has 0 aliphatic rings. The van der Waals surface area contributed by atoms with Gasteiger partial charge in [-0.2, -0.15) is 11.8 Å². The number of benzene rings is 1. The van der Waals surface area contributed by atoms with Crippen LogP contribution in [0.15, 0.2) is 30.3 Å². The molecule has 8 nitrogen and oxygen atoms in total. The first kappa shape index (κ1) is 23.9. The molecule has 2 amide bonds. The Hall–Kier alpha value is -2.10. The van der Waals surface area contributed by atoms with Crippen LogP contribution in [0, 0.1) is 11.8 Å². The van der Waals surface area contributed by atoms with Crippen molar-refractivity contribution in [3.05, 3.63) is 35.9 Å². The Balaban J connectivity index is 2.79. The fourth-order valence-corrected chi connectivity index (χ4v) is 3.60. The van der Waals surface area contributed by atoms with Gasteiger partial charge < -0.3 is 15.2 Å². The van der Waals surface area contributed by atoms with Crippen LogP contribution in [0.5, 0.6) is 0 Å². The number of aliphatic hydroxyl groups is 1. The van der Waals surface area contributed by atoms with Crippen molar-refractivity contribution in [3.63, 3.8) is 0 Å². The summed E-state index contributed by atoms with van der Waals surface area (Å²) in [6.45, 7) is 3.66. The normalized spacial score (nSPS) is 14.1. The van der Waals surface area contributed by atoms with Crippen LogP contribution in [0.1, 0.15) is 25.8 Å². The zero-order chi connectivity index (χ0) is 21.1. The lowest BCUT2D eigenvalue weighted by Gasteiger charge is -2.25. The molecule has 1 aromatic carbocycles. The van der Waals surface area contributed by atoms with Crippen LogP contribution >= 0.6 is 11.8 Å². The zero-order valence-electron chi connectivity index (χ0n) is 16.3. The Morgan fingerprint density at radius 3 is 2.32 bits per heavy atom. The van der Waals surface area contributed by atoms with E-state index < -0.39 is 35.8 Å². The smallest absolute Gasteiger partial charge is 0.329 e. The van der Waals surface area contributed by atoms with Gasteiger partial charge in [0.2, 0.25) is 5.91 Å². The van der Waals surface area contributed by atoms with Gasteiger partial charge in [0.05, 0.1) is 13.0 Å². The van der Waals surface area contributed by atoms with Gasteiger partial charge in [-0.05, 0) is 17.9 Å². The number of hydroxylamine groups is 1. The Labute approximate surface area is 169 Å². The number of thioether (sulfide) groups is 1. The number of carbonyl (C=O) groups excluding carboxylic acids is 3. The minimum absolute atomic E-state index is 0.000857. The fourth-order valence-electron chi connectivity index (χ4n) is 2.59. The van der Waals surface area contributed by atoms with Crippen molar-refractivity contribution >= 4 is 29.5 Å². The van der Waals surface area contributed by atoms with Crippen molar-refractivity contribution < 1.29 is 29.4 Å². The Kier molecular flexibility index (Phi) is 10.6. The van der Waals surface area contributed by atoms with E-state index in [2.05, 4.69) is 5.32 Å². The molecule has 0 aliphatic heterocycles. The number of amides is 2. The van der Waals surface area contributed by atoms with E-state index in [0.29, 0.717) is 5.75 Å². The number of methoxy groups -OCH3 is 1. The maximum Gasteiger partial charge on any atom is 0.329 e. The van der Waals surface area contributed by atoms with Crippen molar-refractivity contribution in [1.29, 1.82) is 0 Å². The summed E-state index contributed by atoms with van der Waals surface area (Å²) >= 11 is 1.45. The Bertz CT molecular complexity index is 641. The Morgan fingerprint density at radius 2 is 1.79 bits per heavy atom. The summed E-state index contributed by atoms with van der Waals surface area (Å²) in [5.74, 6) is -2.54. The summed E-state index contributed by atoms with van der Waals surface area (Å²) in [7, 11) is 1.23. The highest BCUT2D eigenvalue weighted by Gasteiger charge is 2.35. The molecular formula is C19H28N2O6S. The molecule has 0 heterocycles. The highest BCUT2D eigenvalue weighted by Crippen LogP contribution is 2.18. The zero-order valence-corrected chi connectivity index (χ0v) is 17.1. The maximum atomic E-state index is 12.7. The van der Waals surface area contributed by atoms with E-state index in [9.17, 15) is 19.5 Å². The monoisotopic (exact) mass is 412 g/mol. The van der Waals surface area contributed by atoms with Crippen LogP contribution < -0.4 is 10.8 Å². The molecule has 0 fully saturated rings. The highest BCUT2D eigenvalue weighted by molar-refractivity contribution is 7.98. The standard InChI is InChI=1S/C19H28N2O6S/c1-12(2)9-14(16(22)18(24)21-26)17(23)20-15(19(25)27-3)11-28-10-13-7-5-4-6-8-13/h4-8,12,14-16,22,26H,9-11H2,1-3H3,(H,20,23)(H,21,24)/t14-,15+,16+/m1/s1. The third kappa shape index (κ3) is 7.87. The van der Waals surface area contributed by atoms with Crippen LogP contribution in [0.4, 0.5) is 0 Å². The van der Waals surface area contributed by atoms with Crippen molar-refractivity contribution in [2.24, 2.45) is 11.8 Å². The second kappa shape index (κ2) is 12.4. The first-order valence-electron chi connectivity index (χ1n) is 8.92. The van der Waals surface area contributed by atoms with Crippen LogP contribution in [-0.4, -0.2) is 53.1 Å². The van der Waals surface area contributed by atoms with E-state index in [1.54, 1.807) is 0 Å². The summed E-state index contributed by atoms with van der Waals surface area (Å²) in [6, 6.07) is 8.74. The molecule has 0 bridgehead atoms. The number of esters is 1. The average molecular weight is 413 g/mol. The van der Waals surface area contributed by atoms with Crippen molar-refractivity contribution in [3.8, 4) is 0 Å². The predicted molar refractivity (Wildman–Crippen MR) is 105 cm³/mol. The Morgan fingerprint density at radius 1 is 1.14 bits per heavy atom. The topological polar surface area (TPSA) is 125 Å². The lowest BCUT2D eigenvalue weighted by atomic mass is 9.90. The molecule has 156 valence electrons. The van der Waals surface area contributed by atoms with E-state index in [-0.39, 0.29) is 18.1 Å². The molecule has 0 unspecified atom stereocenters. The maximum absolute atomic E-state index is 12.7. The second-order valence-electron chi connectivity index (χ2n) is 6.74. The van der Waals surface area contributed by atoms with Gasteiger partial charge in [0.25, 0.3) is 5.91 Å². The number of hydrogen-bond acceptors (Lipinski definition) is 7. The number of carbonyl (C=O) groups is 3. The van der Waals surface area contributed by atoms with Crippen molar-refractivity contribution in [1.82, 2.24) is 10.8 Å². The van der Waals surface area contributed by atoms with Crippen LogP contribution in [-0.2, 0) is 24.9 Å². The van der Waals surface area contributed by atoms with Crippen LogP contribution in [0.25, 0.3) is 0 Å². The number of hydrogen-bond donors (Lipinski definition) is 4. The molecule has 1 aromatic rings. The predicted octanol–water partition coefficient (Wildman–Crippen LogP) is 1.11. The van der Waals surface area contributed by atoms with Crippen molar-refractivity contribution in [2.75, 3.05) is 12.9 Å². The van der Waals surface area contributed by atoms with Crippen LogP contribution in [0.2, 0.25) is 0 Å². The summed E-state index contributed by atoms with van der Waals surface area (Å²) in [5, 5.41) is 21.4. The minimum Gasteiger partial charge on any atom is -0.467 e.